The molecule has 0 aliphatic heterocycles. The molecule has 0 saturated heterocycles. The number of benzene rings is 1. The molecule has 3 nitrogen and oxygen atoms in total. The van der Waals surface area contributed by atoms with E-state index in [4.69, 9.17) is 15.9 Å². The highest BCUT2D eigenvalue weighted by Crippen LogP contribution is 2.24. The number of aromatic hydroxyl groups is 2. The fourth-order valence-electron chi connectivity index (χ4n) is 0.679. The van der Waals surface area contributed by atoms with Gasteiger partial charge in [-0.1, -0.05) is 11.6 Å². The van der Waals surface area contributed by atoms with Crippen molar-refractivity contribution in [3.05, 3.63) is 29.5 Å². The monoisotopic (exact) mass is 138 g/mol. The highest BCUT2D eigenvalue weighted by molar-refractivity contribution is 5.40. The topological polar surface area (TPSA) is 64.3 Å². The Hall–Kier alpha value is -1.22. The zero-order valence-corrected chi connectivity index (χ0v) is 5.33. The maximum absolute atomic E-state index is 8.90. The van der Waals surface area contributed by atoms with E-state index in [9.17, 15) is 0 Å². The van der Waals surface area contributed by atoms with E-state index in [1.165, 1.54) is 12.1 Å². The zero-order valence-electron chi connectivity index (χ0n) is 5.33. The molecule has 0 amide bonds. The molecular formula is C7H8NO2-. The van der Waals surface area contributed by atoms with Crippen LogP contribution in [0.2, 0.25) is 0 Å². The molecule has 0 unspecified atom stereocenters. The SMILES string of the molecule is [NH-]Cc1ccc(O)c(O)c1. The molecule has 0 fully saturated rings. The lowest BCUT2D eigenvalue weighted by atomic mass is 10.2. The number of hydrogen-bond acceptors (Lipinski definition) is 2. The molecule has 0 spiro atoms. The van der Waals surface area contributed by atoms with Crippen molar-refractivity contribution >= 4 is 0 Å². The second-order valence-corrected chi connectivity index (χ2v) is 2.00. The van der Waals surface area contributed by atoms with Crippen LogP contribution in [0, 0.1) is 0 Å². The summed E-state index contributed by atoms with van der Waals surface area (Å²) in [4.78, 5) is 0. The van der Waals surface area contributed by atoms with Gasteiger partial charge < -0.3 is 15.9 Å². The molecule has 1 aromatic rings. The minimum Gasteiger partial charge on any atom is -0.674 e. The number of hydrogen-bond donors (Lipinski definition) is 2. The number of phenols is 2. The van der Waals surface area contributed by atoms with Gasteiger partial charge >= 0.3 is 0 Å². The summed E-state index contributed by atoms with van der Waals surface area (Å²) in [6.07, 6.45) is 0. The predicted molar refractivity (Wildman–Crippen MR) is 37.8 cm³/mol. The van der Waals surface area contributed by atoms with Gasteiger partial charge in [0, 0.05) is 0 Å². The van der Waals surface area contributed by atoms with E-state index < -0.39 is 0 Å². The fraction of sp³-hybridized carbons (Fsp3) is 0.143. The van der Waals surface area contributed by atoms with Gasteiger partial charge in [0.15, 0.2) is 11.5 Å². The van der Waals surface area contributed by atoms with Crippen molar-refractivity contribution in [2.24, 2.45) is 0 Å². The van der Waals surface area contributed by atoms with Crippen molar-refractivity contribution in [3.63, 3.8) is 0 Å². The third-order valence-corrected chi connectivity index (χ3v) is 1.24. The molecule has 1 aromatic carbocycles. The van der Waals surface area contributed by atoms with E-state index >= 15 is 0 Å². The first-order chi connectivity index (χ1) is 4.74. The van der Waals surface area contributed by atoms with Crippen LogP contribution in [0.3, 0.4) is 0 Å². The van der Waals surface area contributed by atoms with Crippen LogP contribution in [0.5, 0.6) is 11.5 Å². The van der Waals surface area contributed by atoms with Crippen LogP contribution in [0.1, 0.15) is 5.56 Å². The van der Waals surface area contributed by atoms with E-state index in [1.54, 1.807) is 6.07 Å². The zero-order chi connectivity index (χ0) is 7.56. The minimum absolute atomic E-state index is 0.119. The Kier molecular flexibility index (Phi) is 1.78. The van der Waals surface area contributed by atoms with Crippen LogP contribution in [0.25, 0.3) is 5.73 Å². The van der Waals surface area contributed by atoms with Crippen molar-refractivity contribution in [1.29, 1.82) is 0 Å². The van der Waals surface area contributed by atoms with E-state index in [2.05, 4.69) is 0 Å². The summed E-state index contributed by atoms with van der Waals surface area (Å²) in [6.45, 7) is 0.119. The molecule has 0 heterocycles. The molecule has 10 heavy (non-hydrogen) atoms. The average Bonchev–Trinajstić information content (AvgIpc) is 1.95. The molecule has 1 rings (SSSR count). The van der Waals surface area contributed by atoms with Gasteiger partial charge in [-0.05, 0) is 12.1 Å². The standard InChI is InChI=1S/C7H8NO2/c8-4-5-1-2-6(9)7(10)3-5/h1-3,8-10H,4H2/q-1. The minimum atomic E-state index is -0.162. The van der Waals surface area contributed by atoms with Gasteiger partial charge in [0.2, 0.25) is 0 Å². The number of rotatable bonds is 1. The Balaban J connectivity index is 3.04. The maximum atomic E-state index is 8.90. The molecule has 0 atom stereocenters. The number of phenolic OH excluding ortho intramolecular Hbond substituents is 2. The second-order valence-electron chi connectivity index (χ2n) is 2.00. The van der Waals surface area contributed by atoms with Gasteiger partial charge in [-0.15, -0.1) is 6.54 Å². The van der Waals surface area contributed by atoms with Crippen LogP contribution >= 0.6 is 0 Å². The van der Waals surface area contributed by atoms with Gasteiger partial charge in [-0.25, -0.2) is 0 Å². The molecule has 0 saturated carbocycles. The summed E-state index contributed by atoms with van der Waals surface area (Å²) in [5, 5.41) is 17.7. The third kappa shape index (κ3) is 1.19. The van der Waals surface area contributed by atoms with E-state index in [-0.39, 0.29) is 18.0 Å². The van der Waals surface area contributed by atoms with Crippen LogP contribution in [0.15, 0.2) is 18.2 Å². The Labute approximate surface area is 58.7 Å². The van der Waals surface area contributed by atoms with E-state index in [0.29, 0.717) is 5.56 Å². The first-order valence-corrected chi connectivity index (χ1v) is 2.89. The molecular weight excluding hydrogens is 130 g/mol. The second kappa shape index (κ2) is 2.58. The Bertz CT molecular complexity index is 235. The molecule has 0 aromatic heterocycles. The Morgan fingerprint density at radius 1 is 1.20 bits per heavy atom. The van der Waals surface area contributed by atoms with Gasteiger partial charge in [0.05, 0.1) is 0 Å². The van der Waals surface area contributed by atoms with Crippen LogP contribution in [0.4, 0.5) is 0 Å². The van der Waals surface area contributed by atoms with Crippen molar-refractivity contribution in [2.75, 3.05) is 0 Å². The predicted octanol–water partition coefficient (Wildman–Crippen LogP) is 1.65. The van der Waals surface area contributed by atoms with Crippen molar-refractivity contribution < 1.29 is 10.2 Å². The van der Waals surface area contributed by atoms with E-state index in [1.807, 2.05) is 0 Å². The average molecular weight is 138 g/mol. The molecule has 0 aliphatic carbocycles. The van der Waals surface area contributed by atoms with Crippen molar-refractivity contribution in [3.8, 4) is 11.5 Å². The summed E-state index contributed by atoms with van der Waals surface area (Å²) in [5.41, 5.74) is 7.61. The van der Waals surface area contributed by atoms with E-state index in [0.717, 1.165) is 0 Å². The lowest BCUT2D eigenvalue weighted by molar-refractivity contribution is 0.403. The first kappa shape index (κ1) is 6.89. The largest absolute Gasteiger partial charge is 0.674 e. The third-order valence-electron chi connectivity index (χ3n) is 1.24. The highest BCUT2D eigenvalue weighted by Gasteiger charge is 1.95. The Morgan fingerprint density at radius 3 is 2.40 bits per heavy atom. The van der Waals surface area contributed by atoms with Gasteiger partial charge in [-0.3, -0.25) is 0 Å². The summed E-state index contributed by atoms with van der Waals surface area (Å²) < 4.78 is 0. The Morgan fingerprint density at radius 2 is 1.90 bits per heavy atom. The molecule has 0 aliphatic rings. The fourth-order valence-corrected chi connectivity index (χ4v) is 0.679. The molecule has 3 heteroatoms. The smallest absolute Gasteiger partial charge is 0.157 e. The molecule has 0 radical (unpaired) electrons. The van der Waals surface area contributed by atoms with Crippen molar-refractivity contribution in [1.82, 2.24) is 0 Å². The van der Waals surface area contributed by atoms with Crippen LogP contribution in [-0.4, -0.2) is 10.2 Å². The van der Waals surface area contributed by atoms with Gasteiger partial charge in [0.25, 0.3) is 0 Å². The molecule has 3 N–H and O–H groups in total. The lowest BCUT2D eigenvalue weighted by Crippen LogP contribution is -1.77. The van der Waals surface area contributed by atoms with Crippen LogP contribution in [-0.2, 0) is 6.54 Å². The quantitative estimate of drug-likeness (QED) is 0.579. The normalized spacial score (nSPS) is 9.70. The van der Waals surface area contributed by atoms with Crippen molar-refractivity contribution in [2.45, 2.75) is 6.54 Å². The summed E-state index contributed by atoms with van der Waals surface area (Å²) in [7, 11) is 0. The highest BCUT2D eigenvalue weighted by atomic mass is 16.3. The number of nitrogens with one attached hydrogen (secondary N) is 1. The maximum Gasteiger partial charge on any atom is 0.157 e. The summed E-state index contributed by atoms with van der Waals surface area (Å²) in [6, 6.07) is 4.35. The molecule has 54 valence electrons. The van der Waals surface area contributed by atoms with Gasteiger partial charge in [-0.2, -0.15) is 0 Å². The van der Waals surface area contributed by atoms with Gasteiger partial charge in [0.1, 0.15) is 0 Å². The first-order valence-electron chi connectivity index (χ1n) is 2.89. The summed E-state index contributed by atoms with van der Waals surface area (Å²) >= 11 is 0. The van der Waals surface area contributed by atoms with Crippen LogP contribution < -0.4 is 0 Å². The molecule has 0 bridgehead atoms. The lowest BCUT2D eigenvalue weighted by Gasteiger charge is -2.02. The summed E-state index contributed by atoms with van der Waals surface area (Å²) in [5.74, 6) is -0.304.